The Labute approximate surface area is 161 Å². The Kier molecular flexibility index (Phi) is 5.07. The van der Waals surface area contributed by atoms with Crippen LogP contribution in [-0.4, -0.2) is 15.5 Å². The highest BCUT2D eigenvalue weighted by molar-refractivity contribution is 7.09. The normalized spacial score (nSPS) is 10.4. The lowest BCUT2D eigenvalue weighted by molar-refractivity contribution is 0.0996. The summed E-state index contributed by atoms with van der Waals surface area (Å²) in [4.78, 5) is 15.6. The fraction of sp³-hybridized carbons (Fsp3) is 0.200. The summed E-state index contributed by atoms with van der Waals surface area (Å²) in [7, 11) is 0. The first-order valence-corrected chi connectivity index (χ1v) is 9.24. The molecule has 0 radical (unpaired) electrons. The number of hydrogen-bond acceptors (Lipinski definition) is 5. The molecule has 2 heterocycles. The molecule has 7 heteroatoms. The molecule has 2 N–H and O–H groups in total. The van der Waals surface area contributed by atoms with Crippen molar-refractivity contribution in [1.29, 1.82) is 10.5 Å². The van der Waals surface area contributed by atoms with Gasteiger partial charge in [0.25, 0.3) is 5.91 Å². The molecule has 3 rings (SSSR count). The Balaban J connectivity index is 2.12. The molecular weight excluding hydrogens is 358 g/mol. The highest BCUT2D eigenvalue weighted by Crippen LogP contribution is 2.33. The van der Waals surface area contributed by atoms with Crippen molar-refractivity contribution in [2.45, 2.75) is 26.8 Å². The van der Waals surface area contributed by atoms with E-state index in [1.807, 2.05) is 26.0 Å². The van der Waals surface area contributed by atoms with Gasteiger partial charge >= 0.3 is 0 Å². The molecule has 0 aliphatic carbocycles. The van der Waals surface area contributed by atoms with Gasteiger partial charge in [-0.1, -0.05) is 19.1 Å². The molecule has 0 atom stereocenters. The number of thiazole rings is 1. The van der Waals surface area contributed by atoms with Crippen molar-refractivity contribution in [3.8, 4) is 23.3 Å². The summed E-state index contributed by atoms with van der Waals surface area (Å²) in [6.07, 6.45) is 0.728. The van der Waals surface area contributed by atoms with Gasteiger partial charge in [-0.25, -0.2) is 4.98 Å². The van der Waals surface area contributed by atoms with E-state index in [1.165, 1.54) is 11.3 Å². The highest BCUT2D eigenvalue weighted by atomic mass is 32.1. The summed E-state index contributed by atoms with van der Waals surface area (Å²) >= 11 is 1.37. The molecule has 0 fully saturated rings. The summed E-state index contributed by atoms with van der Waals surface area (Å²) in [5.74, 6) is -0.548. The molecule has 134 valence electrons. The van der Waals surface area contributed by atoms with Crippen molar-refractivity contribution in [1.82, 2.24) is 9.55 Å². The fourth-order valence-corrected chi connectivity index (χ4v) is 3.94. The van der Waals surface area contributed by atoms with Crippen LogP contribution < -0.4 is 5.73 Å². The lowest BCUT2D eigenvalue weighted by Gasteiger charge is -2.10. The van der Waals surface area contributed by atoms with Crippen molar-refractivity contribution in [2.75, 3.05) is 0 Å². The van der Waals surface area contributed by atoms with Crippen LogP contribution >= 0.6 is 11.3 Å². The van der Waals surface area contributed by atoms with Gasteiger partial charge in [0.1, 0.15) is 16.8 Å². The number of hydrogen-bond donors (Lipinski definition) is 1. The maximum atomic E-state index is 11.3. The van der Waals surface area contributed by atoms with Gasteiger partial charge in [-0.15, -0.1) is 11.3 Å². The van der Waals surface area contributed by atoms with Gasteiger partial charge in [0.15, 0.2) is 0 Å². The lowest BCUT2D eigenvalue weighted by atomic mass is 9.99. The lowest BCUT2D eigenvalue weighted by Crippen LogP contribution is -2.12. The first-order chi connectivity index (χ1) is 13.0. The van der Waals surface area contributed by atoms with E-state index in [-0.39, 0.29) is 5.69 Å². The number of aromatic nitrogens is 2. The molecule has 0 aliphatic heterocycles. The van der Waals surface area contributed by atoms with E-state index < -0.39 is 5.91 Å². The minimum absolute atomic E-state index is 0.255. The summed E-state index contributed by atoms with van der Waals surface area (Å²) in [5.41, 5.74) is 10.4. The topological polar surface area (TPSA) is 108 Å². The molecular formula is C20H17N5OS. The Bertz CT molecular complexity index is 1090. The van der Waals surface area contributed by atoms with E-state index in [4.69, 9.17) is 11.0 Å². The van der Waals surface area contributed by atoms with Crippen LogP contribution in [0.25, 0.3) is 11.1 Å². The maximum Gasteiger partial charge on any atom is 0.268 e. The monoisotopic (exact) mass is 375 g/mol. The molecule has 27 heavy (non-hydrogen) atoms. The number of primary amides is 1. The quantitative estimate of drug-likeness (QED) is 0.737. The van der Waals surface area contributed by atoms with Crippen LogP contribution in [0.5, 0.6) is 0 Å². The van der Waals surface area contributed by atoms with E-state index in [1.54, 1.807) is 17.5 Å². The fourth-order valence-electron chi connectivity index (χ4n) is 3.17. The first-order valence-electron chi connectivity index (χ1n) is 8.36. The third-order valence-electron chi connectivity index (χ3n) is 4.48. The standard InChI is InChI=1S/C20H17N5OS/c1-3-17-19(14-6-4-13(8-21)5-7-14)15(9-22)12(2)25(17)10-18-24-16(11-27-18)20(23)26/h4-7,11H,3,10H2,1-2H3,(H2,23,26). The largest absolute Gasteiger partial charge is 0.364 e. The second-order valence-electron chi connectivity index (χ2n) is 6.01. The van der Waals surface area contributed by atoms with Crippen LogP contribution in [0.15, 0.2) is 29.6 Å². The zero-order valence-electron chi connectivity index (χ0n) is 15.0. The number of nitriles is 2. The van der Waals surface area contributed by atoms with E-state index in [0.717, 1.165) is 33.9 Å². The summed E-state index contributed by atoms with van der Waals surface area (Å²) < 4.78 is 2.07. The summed E-state index contributed by atoms with van der Waals surface area (Å²) in [5, 5.41) is 21.2. The average molecular weight is 375 g/mol. The van der Waals surface area contributed by atoms with Crippen molar-refractivity contribution in [3.63, 3.8) is 0 Å². The van der Waals surface area contributed by atoms with Crippen LogP contribution in [-0.2, 0) is 13.0 Å². The zero-order chi connectivity index (χ0) is 19.6. The van der Waals surface area contributed by atoms with Gasteiger partial charge in [0.05, 0.1) is 23.7 Å². The van der Waals surface area contributed by atoms with Gasteiger partial charge < -0.3 is 10.3 Å². The first kappa shape index (κ1) is 18.4. The summed E-state index contributed by atoms with van der Waals surface area (Å²) in [6, 6.07) is 11.7. The Morgan fingerprint density at radius 3 is 2.48 bits per heavy atom. The Morgan fingerprint density at radius 1 is 1.26 bits per heavy atom. The second-order valence-corrected chi connectivity index (χ2v) is 6.96. The Morgan fingerprint density at radius 2 is 1.96 bits per heavy atom. The number of rotatable bonds is 5. The second kappa shape index (κ2) is 7.45. The minimum Gasteiger partial charge on any atom is -0.364 e. The van der Waals surface area contributed by atoms with Crippen molar-refractivity contribution >= 4 is 17.2 Å². The van der Waals surface area contributed by atoms with Crippen LogP contribution in [0.1, 0.15) is 44.9 Å². The van der Waals surface area contributed by atoms with Crippen LogP contribution in [0.2, 0.25) is 0 Å². The number of benzene rings is 1. The smallest absolute Gasteiger partial charge is 0.268 e. The van der Waals surface area contributed by atoms with Crippen molar-refractivity contribution in [3.05, 3.63) is 62.9 Å². The molecule has 1 aromatic carbocycles. The van der Waals surface area contributed by atoms with Gasteiger partial charge in [0, 0.05) is 22.3 Å². The van der Waals surface area contributed by atoms with Gasteiger partial charge in [-0.05, 0) is 31.0 Å². The molecule has 0 unspecified atom stereocenters. The number of carbonyl (C=O) groups excluding carboxylic acids is 1. The van der Waals surface area contributed by atoms with E-state index >= 15 is 0 Å². The average Bonchev–Trinajstić information content (AvgIpc) is 3.25. The molecule has 0 saturated carbocycles. The van der Waals surface area contributed by atoms with Crippen molar-refractivity contribution in [2.24, 2.45) is 5.73 Å². The highest BCUT2D eigenvalue weighted by Gasteiger charge is 2.21. The van der Waals surface area contributed by atoms with Crippen LogP contribution in [0.4, 0.5) is 0 Å². The molecule has 6 nitrogen and oxygen atoms in total. The molecule has 1 amide bonds. The molecule has 0 aliphatic rings. The maximum absolute atomic E-state index is 11.3. The van der Waals surface area contributed by atoms with Crippen LogP contribution in [0, 0.1) is 29.6 Å². The predicted molar refractivity (Wildman–Crippen MR) is 103 cm³/mol. The van der Waals surface area contributed by atoms with E-state index in [2.05, 4.69) is 21.7 Å². The molecule has 0 spiro atoms. The number of nitrogens with zero attached hydrogens (tertiary/aromatic N) is 4. The Hall–Kier alpha value is -3.42. The van der Waals surface area contributed by atoms with Gasteiger partial charge in [-0.2, -0.15) is 10.5 Å². The number of amides is 1. The summed E-state index contributed by atoms with van der Waals surface area (Å²) in [6.45, 7) is 4.42. The van der Waals surface area contributed by atoms with Crippen LogP contribution in [0.3, 0.4) is 0 Å². The molecule has 3 aromatic rings. The third-order valence-corrected chi connectivity index (χ3v) is 5.31. The van der Waals surface area contributed by atoms with Crippen molar-refractivity contribution < 1.29 is 4.79 Å². The van der Waals surface area contributed by atoms with Gasteiger partial charge in [0.2, 0.25) is 0 Å². The molecule has 0 saturated heterocycles. The number of nitrogens with two attached hydrogens (primary N) is 1. The van der Waals surface area contributed by atoms with E-state index in [9.17, 15) is 10.1 Å². The SMILES string of the molecule is CCc1c(-c2ccc(C#N)cc2)c(C#N)c(C)n1Cc1nc(C(N)=O)cs1. The molecule has 0 bridgehead atoms. The predicted octanol–water partition coefficient (Wildman–Crippen LogP) is 3.37. The van der Waals surface area contributed by atoms with Gasteiger partial charge in [-0.3, -0.25) is 4.79 Å². The number of carbonyl (C=O) groups is 1. The minimum atomic E-state index is -0.548. The third kappa shape index (κ3) is 3.33. The zero-order valence-corrected chi connectivity index (χ0v) is 15.8. The van der Waals surface area contributed by atoms with E-state index in [0.29, 0.717) is 17.7 Å². The molecule has 2 aromatic heterocycles.